The van der Waals surface area contributed by atoms with Crippen molar-refractivity contribution in [3.63, 3.8) is 0 Å². The topological polar surface area (TPSA) is 55.1 Å². The monoisotopic (exact) mass is 376 g/mol. The number of aryl methyl sites for hydroxylation is 4. The van der Waals surface area contributed by atoms with E-state index in [-0.39, 0.29) is 0 Å². The smallest absolute Gasteiger partial charge is 0.228 e. The largest absolute Gasteiger partial charge is 0.353 e. The van der Waals surface area contributed by atoms with E-state index in [1.807, 2.05) is 6.92 Å². The summed E-state index contributed by atoms with van der Waals surface area (Å²) in [5.41, 5.74) is 7.23. The molecule has 5 rings (SSSR count). The Hall–Kier alpha value is -2.43. The van der Waals surface area contributed by atoms with Gasteiger partial charge in [-0.1, -0.05) is 22.9 Å². The van der Waals surface area contributed by atoms with Crippen LogP contribution >= 0.6 is 0 Å². The lowest BCUT2D eigenvalue weighted by Crippen LogP contribution is -2.29. The average Bonchev–Trinajstić information content (AvgIpc) is 3.55. The SMILES string of the molecule is Cc1cc(C)c(-c2noc3c(N(CC4CC4)CC4CC4)nc(C)nc23)c(C)c1. The fourth-order valence-electron chi connectivity index (χ4n) is 4.33. The molecule has 146 valence electrons. The summed E-state index contributed by atoms with van der Waals surface area (Å²) in [7, 11) is 0. The second-order valence-electron chi connectivity index (χ2n) is 8.87. The highest BCUT2D eigenvalue weighted by molar-refractivity contribution is 5.95. The molecule has 0 saturated heterocycles. The maximum absolute atomic E-state index is 5.90. The van der Waals surface area contributed by atoms with Gasteiger partial charge in [-0.15, -0.1) is 0 Å². The van der Waals surface area contributed by atoms with E-state index in [4.69, 9.17) is 14.5 Å². The number of nitrogens with zero attached hydrogens (tertiary/aromatic N) is 4. The molecule has 2 saturated carbocycles. The second-order valence-corrected chi connectivity index (χ2v) is 8.87. The summed E-state index contributed by atoms with van der Waals surface area (Å²) in [5, 5.41) is 4.49. The third-order valence-electron chi connectivity index (χ3n) is 5.98. The standard InChI is InChI=1S/C23H28N4O/c1-13-9-14(2)19(15(3)10-13)20-21-22(28-26-20)23(25-16(4)24-21)27(11-17-5-6-17)12-18-7-8-18/h9-10,17-18H,5-8,11-12H2,1-4H3. The van der Waals surface area contributed by atoms with E-state index in [9.17, 15) is 0 Å². The fraction of sp³-hybridized carbons (Fsp3) is 0.522. The van der Waals surface area contributed by atoms with E-state index >= 15 is 0 Å². The van der Waals surface area contributed by atoms with Gasteiger partial charge in [-0.05, 0) is 76.3 Å². The highest BCUT2D eigenvalue weighted by Crippen LogP contribution is 2.39. The Morgan fingerprint density at radius 3 is 2.11 bits per heavy atom. The maximum atomic E-state index is 5.90. The highest BCUT2D eigenvalue weighted by atomic mass is 16.5. The molecule has 2 aliphatic rings. The molecule has 0 spiro atoms. The first kappa shape index (κ1) is 17.7. The van der Waals surface area contributed by atoms with Crippen LogP contribution in [0.15, 0.2) is 16.7 Å². The second kappa shape index (κ2) is 6.57. The van der Waals surface area contributed by atoms with Gasteiger partial charge in [0.05, 0.1) is 0 Å². The molecule has 0 aliphatic heterocycles. The molecule has 3 aromatic rings. The van der Waals surface area contributed by atoms with Crippen molar-refractivity contribution in [1.82, 2.24) is 15.1 Å². The Morgan fingerprint density at radius 2 is 1.54 bits per heavy atom. The lowest BCUT2D eigenvalue weighted by molar-refractivity contribution is 0.457. The lowest BCUT2D eigenvalue weighted by atomic mass is 9.97. The van der Waals surface area contributed by atoms with Gasteiger partial charge < -0.3 is 9.42 Å². The first-order valence-electron chi connectivity index (χ1n) is 10.5. The van der Waals surface area contributed by atoms with E-state index in [1.54, 1.807) is 0 Å². The van der Waals surface area contributed by atoms with Gasteiger partial charge >= 0.3 is 0 Å². The minimum atomic E-state index is 0.737. The number of hydrogen-bond acceptors (Lipinski definition) is 5. The molecule has 1 aromatic carbocycles. The van der Waals surface area contributed by atoms with E-state index in [1.165, 1.54) is 42.4 Å². The molecule has 0 amide bonds. The van der Waals surface area contributed by atoms with Crippen LogP contribution in [0.1, 0.15) is 48.2 Å². The Balaban J connectivity index is 1.64. The van der Waals surface area contributed by atoms with Gasteiger partial charge in [0.2, 0.25) is 5.58 Å². The molecule has 28 heavy (non-hydrogen) atoms. The first-order valence-corrected chi connectivity index (χ1v) is 10.5. The molecule has 0 atom stereocenters. The number of aromatic nitrogens is 3. The van der Waals surface area contributed by atoms with Crippen molar-refractivity contribution in [2.45, 2.75) is 53.4 Å². The van der Waals surface area contributed by atoms with Gasteiger partial charge in [0.1, 0.15) is 17.0 Å². The van der Waals surface area contributed by atoms with Crippen LogP contribution in [-0.2, 0) is 0 Å². The zero-order valence-corrected chi connectivity index (χ0v) is 17.2. The molecule has 2 heterocycles. The average molecular weight is 377 g/mol. The van der Waals surface area contributed by atoms with Gasteiger partial charge in [0.15, 0.2) is 5.82 Å². The number of benzene rings is 1. The summed E-state index contributed by atoms with van der Waals surface area (Å²) >= 11 is 0. The predicted molar refractivity (Wildman–Crippen MR) is 112 cm³/mol. The van der Waals surface area contributed by atoms with Crippen molar-refractivity contribution in [3.05, 3.63) is 34.6 Å². The molecular formula is C23H28N4O. The van der Waals surface area contributed by atoms with E-state index in [0.717, 1.165) is 58.9 Å². The third-order valence-corrected chi connectivity index (χ3v) is 5.98. The van der Waals surface area contributed by atoms with Crippen LogP contribution in [0.4, 0.5) is 5.82 Å². The summed E-state index contributed by atoms with van der Waals surface area (Å²) in [6.07, 6.45) is 5.32. The molecule has 2 aromatic heterocycles. The van der Waals surface area contributed by atoms with Crippen molar-refractivity contribution >= 4 is 16.9 Å². The molecule has 0 N–H and O–H groups in total. The van der Waals surface area contributed by atoms with Crippen molar-refractivity contribution in [3.8, 4) is 11.3 Å². The Labute approximate surface area is 166 Å². The van der Waals surface area contributed by atoms with Gasteiger partial charge in [-0.2, -0.15) is 0 Å². The molecule has 2 fully saturated rings. The van der Waals surface area contributed by atoms with Crippen LogP contribution in [-0.4, -0.2) is 28.2 Å². The van der Waals surface area contributed by atoms with Crippen LogP contribution in [0.25, 0.3) is 22.4 Å². The third kappa shape index (κ3) is 3.27. The zero-order chi connectivity index (χ0) is 19.4. The fourth-order valence-corrected chi connectivity index (χ4v) is 4.33. The van der Waals surface area contributed by atoms with Crippen LogP contribution in [0.2, 0.25) is 0 Å². The van der Waals surface area contributed by atoms with Crippen LogP contribution < -0.4 is 4.90 Å². The molecule has 2 aliphatic carbocycles. The lowest BCUT2D eigenvalue weighted by Gasteiger charge is -2.23. The van der Waals surface area contributed by atoms with E-state index in [2.05, 4.69) is 43.0 Å². The summed E-state index contributed by atoms with van der Waals surface area (Å²) in [5.74, 6) is 3.31. The molecule has 5 nitrogen and oxygen atoms in total. The number of hydrogen-bond donors (Lipinski definition) is 0. The maximum Gasteiger partial charge on any atom is 0.228 e. The summed E-state index contributed by atoms with van der Waals surface area (Å²) in [6, 6.07) is 4.40. The molecule has 0 radical (unpaired) electrons. The van der Waals surface area contributed by atoms with Crippen molar-refractivity contribution < 1.29 is 4.52 Å². The summed E-state index contributed by atoms with van der Waals surface area (Å²) in [4.78, 5) is 12.0. The van der Waals surface area contributed by atoms with Crippen LogP contribution in [0.3, 0.4) is 0 Å². The van der Waals surface area contributed by atoms with Gasteiger partial charge in [-0.3, -0.25) is 0 Å². The zero-order valence-electron chi connectivity index (χ0n) is 17.2. The number of anilines is 1. The van der Waals surface area contributed by atoms with Gasteiger partial charge in [-0.25, -0.2) is 9.97 Å². The Bertz CT molecular complexity index is 1010. The normalized spacial score (nSPS) is 16.7. The van der Waals surface area contributed by atoms with Crippen molar-refractivity contribution in [2.75, 3.05) is 18.0 Å². The molecular weight excluding hydrogens is 348 g/mol. The van der Waals surface area contributed by atoms with Crippen molar-refractivity contribution in [1.29, 1.82) is 0 Å². The van der Waals surface area contributed by atoms with Gasteiger partial charge in [0.25, 0.3) is 0 Å². The molecule has 0 bridgehead atoms. The van der Waals surface area contributed by atoms with Gasteiger partial charge in [0, 0.05) is 18.7 Å². The highest BCUT2D eigenvalue weighted by Gasteiger charge is 2.32. The Kier molecular flexibility index (Phi) is 4.14. The first-order chi connectivity index (χ1) is 13.5. The van der Waals surface area contributed by atoms with E-state index in [0.29, 0.717) is 0 Å². The van der Waals surface area contributed by atoms with E-state index < -0.39 is 0 Å². The van der Waals surface area contributed by atoms with Crippen molar-refractivity contribution in [2.24, 2.45) is 11.8 Å². The number of rotatable bonds is 6. The molecule has 0 unspecified atom stereocenters. The van der Waals surface area contributed by atoms with Crippen LogP contribution in [0, 0.1) is 39.5 Å². The Morgan fingerprint density at radius 1 is 0.929 bits per heavy atom. The van der Waals surface area contributed by atoms with Crippen LogP contribution in [0.5, 0.6) is 0 Å². The summed E-state index contributed by atoms with van der Waals surface area (Å²) in [6.45, 7) is 10.5. The number of fused-ring (bicyclic) bond motifs is 1. The molecule has 5 heteroatoms. The minimum absolute atomic E-state index is 0.737. The quantitative estimate of drug-likeness (QED) is 0.596. The predicted octanol–water partition coefficient (Wildman–Crippen LogP) is 5.14. The summed E-state index contributed by atoms with van der Waals surface area (Å²) < 4.78 is 5.90. The minimum Gasteiger partial charge on any atom is -0.353 e.